The molecule has 136 valence electrons. The Kier molecular flexibility index (Phi) is 4.47. The second kappa shape index (κ2) is 6.08. The van der Waals surface area contributed by atoms with Crippen molar-refractivity contribution in [1.29, 1.82) is 0 Å². The number of hydrogen-bond acceptors (Lipinski definition) is 5. The number of carbonyl (C=O) groups is 1. The molecule has 0 spiro atoms. The summed E-state index contributed by atoms with van der Waals surface area (Å²) < 4.78 is 63.1. The molecule has 1 heterocycles. The molecule has 0 aromatic heterocycles. The summed E-state index contributed by atoms with van der Waals surface area (Å²) >= 11 is 3.14. The fourth-order valence-electron chi connectivity index (χ4n) is 2.74. The zero-order chi connectivity index (χ0) is 18.6. The fourth-order valence-corrected chi connectivity index (χ4v) is 4.24. The highest BCUT2D eigenvalue weighted by Crippen LogP contribution is 2.44. The first-order valence-corrected chi connectivity index (χ1v) is 10.0. The van der Waals surface area contributed by atoms with Gasteiger partial charge in [0.25, 0.3) is 0 Å². The number of ketones is 1. The molecule has 2 aliphatic rings. The quantitative estimate of drug-likeness (QED) is 0.719. The molecule has 2 atom stereocenters. The number of benzene rings is 1. The number of oxime groups is 1. The van der Waals surface area contributed by atoms with E-state index in [1.165, 1.54) is 0 Å². The summed E-state index contributed by atoms with van der Waals surface area (Å²) in [5.41, 5.74) is -1.09. The minimum absolute atomic E-state index is 0.00676. The van der Waals surface area contributed by atoms with E-state index < -0.39 is 38.5 Å². The van der Waals surface area contributed by atoms with Gasteiger partial charge < -0.3 is 4.84 Å². The van der Waals surface area contributed by atoms with Gasteiger partial charge >= 0.3 is 6.18 Å². The Bertz CT molecular complexity index is 862. The topological polar surface area (TPSA) is 72.8 Å². The van der Waals surface area contributed by atoms with E-state index >= 15 is 0 Å². The Morgan fingerprint density at radius 2 is 1.96 bits per heavy atom. The Labute approximate surface area is 150 Å². The lowest BCUT2D eigenvalue weighted by Gasteiger charge is -2.20. The molecule has 5 nitrogen and oxygen atoms in total. The monoisotopic (exact) mass is 439 g/mol. The van der Waals surface area contributed by atoms with Gasteiger partial charge in [-0.2, -0.15) is 13.2 Å². The second-order valence-electron chi connectivity index (χ2n) is 6.12. The SMILES string of the molecule is CS(=O)(=O)c1cc(C(F)(F)F)ccc1C1ON=C(Br)C1C(=O)C1CC1. The first-order valence-electron chi connectivity index (χ1n) is 7.34. The summed E-state index contributed by atoms with van der Waals surface area (Å²) in [7, 11) is -3.98. The molecule has 3 rings (SSSR count). The van der Waals surface area contributed by atoms with E-state index in [2.05, 4.69) is 21.1 Å². The van der Waals surface area contributed by atoms with Gasteiger partial charge in [0.05, 0.1) is 10.5 Å². The predicted molar refractivity (Wildman–Crippen MR) is 86.0 cm³/mol. The highest BCUT2D eigenvalue weighted by Gasteiger charge is 2.47. The van der Waals surface area contributed by atoms with Crippen molar-refractivity contribution in [3.8, 4) is 0 Å². The standard InChI is InChI=1S/C15H13BrF3NO4S/c1-25(22,23)10-6-8(15(17,18)19)4-5-9(10)13-11(14(16)20-24-13)12(21)7-2-3-7/h4-7,11,13H,2-3H2,1H3. The first-order chi connectivity index (χ1) is 11.5. The number of hydrogen-bond donors (Lipinski definition) is 0. The van der Waals surface area contributed by atoms with Crippen molar-refractivity contribution in [2.45, 2.75) is 30.0 Å². The van der Waals surface area contributed by atoms with Gasteiger partial charge in [0.2, 0.25) is 0 Å². The average molecular weight is 440 g/mol. The van der Waals surface area contributed by atoms with E-state index in [-0.39, 0.29) is 21.9 Å². The van der Waals surface area contributed by atoms with Crippen molar-refractivity contribution in [1.82, 2.24) is 0 Å². The Morgan fingerprint density at radius 1 is 1.32 bits per heavy atom. The summed E-state index contributed by atoms with van der Waals surface area (Å²) in [4.78, 5) is 17.2. The second-order valence-corrected chi connectivity index (χ2v) is 8.91. The zero-order valence-electron chi connectivity index (χ0n) is 12.9. The average Bonchev–Trinajstić information content (AvgIpc) is 3.27. The lowest BCUT2D eigenvalue weighted by atomic mass is 9.90. The summed E-state index contributed by atoms with van der Waals surface area (Å²) in [6.07, 6.45) is -3.49. The molecule has 0 N–H and O–H groups in total. The van der Waals surface area contributed by atoms with Crippen LogP contribution in [-0.2, 0) is 25.6 Å². The third-order valence-electron chi connectivity index (χ3n) is 4.15. The Morgan fingerprint density at radius 3 is 2.48 bits per heavy atom. The van der Waals surface area contributed by atoms with Crippen LogP contribution in [0, 0.1) is 11.8 Å². The number of Topliss-reactive ketones (excluding diaryl/α,β-unsaturated/α-hetero) is 1. The van der Waals surface area contributed by atoms with Crippen LogP contribution in [0.2, 0.25) is 0 Å². The van der Waals surface area contributed by atoms with Gasteiger partial charge in [0.15, 0.2) is 15.9 Å². The van der Waals surface area contributed by atoms with Crippen LogP contribution in [0.15, 0.2) is 28.3 Å². The van der Waals surface area contributed by atoms with Crippen molar-refractivity contribution in [3.05, 3.63) is 29.3 Å². The predicted octanol–water partition coefficient (Wildman–Crippen LogP) is 3.48. The van der Waals surface area contributed by atoms with Gasteiger partial charge in [-0.1, -0.05) is 11.2 Å². The summed E-state index contributed by atoms with van der Waals surface area (Å²) in [5.74, 6) is -1.16. The maximum absolute atomic E-state index is 12.9. The van der Waals surface area contributed by atoms with Crippen LogP contribution in [0.5, 0.6) is 0 Å². The van der Waals surface area contributed by atoms with Gasteiger partial charge in [-0.15, -0.1) is 0 Å². The van der Waals surface area contributed by atoms with Crippen molar-refractivity contribution in [2.75, 3.05) is 6.26 Å². The molecule has 0 bridgehead atoms. The molecule has 1 saturated carbocycles. The highest BCUT2D eigenvalue weighted by atomic mass is 79.9. The van der Waals surface area contributed by atoms with Crippen LogP contribution in [0.25, 0.3) is 0 Å². The number of halogens is 4. The van der Waals surface area contributed by atoms with Crippen molar-refractivity contribution < 1.29 is 31.2 Å². The molecule has 0 amide bonds. The zero-order valence-corrected chi connectivity index (χ0v) is 15.3. The molecular weight excluding hydrogens is 427 g/mol. The first kappa shape index (κ1) is 18.4. The van der Waals surface area contributed by atoms with Crippen LogP contribution < -0.4 is 0 Å². The van der Waals surface area contributed by atoms with E-state index in [0.717, 1.165) is 31.2 Å². The molecular formula is C15H13BrF3NO4S. The molecule has 2 unspecified atom stereocenters. The van der Waals surface area contributed by atoms with Crippen molar-refractivity contribution in [3.63, 3.8) is 0 Å². The molecule has 25 heavy (non-hydrogen) atoms. The maximum atomic E-state index is 12.9. The van der Waals surface area contributed by atoms with Gasteiger partial charge in [0.1, 0.15) is 16.3 Å². The van der Waals surface area contributed by atoms with E-state index in [0.29, 0.717) is 6.07 Å². The summed E-state index contributed by atoms with van der Waals surface area (Å²) in [6.45, 7) is 0. The number of rotatable bonds is 4. The fraction of sp³-hybridized carbons (Fsp3) is 0.467. The molecule has 1 aliphatic heterocycles. The Hall–Kier alpha value is -1.42. The van der Waals surface area contributed by atoms with Gasteiger partial charge in [-0.05, 0) is 40.9 Å². The van der Waals surface area contributed by atoms with Crippen molar-refractivity contribution in [2.24, 2.45) is 17.0 Å². The molecule has 0 radical (unpaired) electrons. The minimum Gasteiger partial charge on any atom is -0.386 e. The number of alkyl halides is 3. The summed E-state index contributed by atoms with van der Waals surface area (Å²) in [5, 5.41) is 3.70. The van der Waals surface area contributed by atoms with Crippen LogP contribution in [0.1, 0.15) is 30.1 Å². The normalized spacial score (nSPS) is 24.0. The third-order valence-corrected chi connectivity index (χ3v) is 5.94. The molecule has 0 saturated heterocycles. The maximum Gasteiger partial charge on any atom is 0.416 e. The van der Waals surface area contributed by atoms with E-state index in [1.807, 2.05) is 0 Å². The Balaban J connectivity index is 2.08. The van der Waals surface area contributed by atoms with Gasteiger partial charge in [-0.25, -0.2) is 8.42 Å². The van der Waals surface area contributed by atoms with Crippen LogP contribution in [0.3, 0.4) is 0 Å². The highest BCUT2D eigenvalue weighted by molar-refractivity contribution is 9.18. The number of nitrogens with zero attached hydrogens (tertiary/aromatic N) is 1. The third kappa shape index (κ3) is 3.59. The van der Waals surface area contributed by atoms with Crippen LogP contribution in [-0.4, -0.2) is 25.1 Å². The van der Waals surface area contributed by atoms with E-state index in [1.54, 1.807) is 0 Å². The van der Waals surface area contributed by atoms with Gasteiger partial charge in [-0.3, -0.25) is 4.79 Å². The van der Waals surface area contributed by atoms with E-state index in [4.69, 9.17) is 4.84 Å². The number of carbonyl (C=O) groups excluding carboxylic acids is 1. The summed E-state index contributed by atoms with van der Waals surface area (Å²) in [6, 6.07) is 2.38. The smallest absolute Gasteiger partial charge is 0.386 e. The lowest BCUT2D eigenvalue weighted by molar-refractivity contribution is -0.137. The number of sulfone groups is 1. The molecule has 1 aromatic rings. The molecule has 1 fully saturated rings. The lowest BCUT2D eigenvalue weighted by Crippen LogP contribution is -2.26. The largest absolute Gasteiger partial charge is 0.416 e. The van der Waals surface area contributed by atoms with Crippen LogP contribution >= 0.6 is 15.9 Å². The molecule has 1 aromatic carbocycles. The molecule has 10 heteroatoms. The minimum atomic E-state index is -4.69. The van der Waals surface area contributed by atoms with Crippen molar-refractivity contribution >= 4 is 36.2 Å². The molecule has 1 aliphatic carbocycles. The van der Waals surface area contributed by atoms with Crippen LogP contribution in [0.4, 0.5) is 13.2 Å². The van der Waals surface area contributed by atoms with Gasteiger partial charge in [0, 0.05) is 17.7 Å². The van der Waals surface area contributed by atoms with E-state index in [9.17, 15) is 26.4 Å².